The molecule has 0 unspecified atom stereocenters. The second kappa shape index (κ2) is 8.24. The predicted molar refractivity (Wildman–Crippen MR) is 104 cm³/mol. The molecule has 3 aromatic rings. The van der Waals surface area contributed by atoms with Crippen molar-refractivity contribution in [3.8, 4) is 0 Å². The maximum absolute atomic E-state index is 12.2. The van der Waals surface area contributed by atoms with Crippen LogP contribution in [0, 0.1) is 0 Å². The summed E-state index contributed by atoms with van der Waals surface area (Å²) in [5.74, 6) is 0.373. The van der Waals surface area contributed by atoms with Gasteiger partial charge in [-0.15, -0.1) is 22.7 Å². The van der Waals surface area contributed by atoms with E-state index in [1.54, 1.807) is 33.7 Å². The van der Waals surface area contributed by atoms with Crippen LogP contribution >= 0.6 is 22.7 Å². The Balaban J connectivity index is 1.53. The topological polar surface area (TPSA) is 88.9 Å². The standard InChI is InChI=1S/C17H19N5O2S2/c1-11(2)22-14(5-6-18-22)20-15(23)8-12-10-26-17(19-12)21-16(24)9-13-4-3-7-25-13/h3-7,10-11H,8-9H2,1-2H3,(H,20,23)(H,19,21,24). The highest BCUT2D eigenvalue weighted by Crippen LogP contribution is 2.18. The second-order valence-corrected chi connectivity index (χ2v) is 7.82. The number of hydrogen-bond acceptors (Lipinski definition) is 6. The van der Waals surface area contributed by atoms with Gasteiger partial charge in [0.25, 0.3) is 0 Å². The number of hydrogen-bond donors (Lipinski definition) is 2. The lowest BCUT2D eigenvalue weighted by Crippen LogP contribution is -2.18. The number of thiazole rings is 1. The van der Waals surface area contributed by atoms with Crippen LogP contribution in [0.3, 0.4) is 0 Å². The summed E-state index contributed by atoms with van der Waals surface area (Å²) in [4.78, 5) is 29.5. The molecule has 0 aliphatic carbocycles. The summed E-state index contributed by atoms with van der Waals surface area (Å²) in [7, 11) is 0. The third kappa shape index (κ3) is 4.77. The summed E-state index contributed by atoms with van der Waals surface area (Å²) in [5.41, 5.74) is 0.620. The molecule has 7 nitrogen and oxygen atoms in total. The van der Waals surface area contributed by atoms with Crippen LogP contribution in [0.25, 0.3) is 0 Å². The Morgan fingerprint density at radius 2 is 1.96 bits per heavy atom. The van der Waals surface area contributed by atoms with E-state index in [9.17, 15) is 9.59 Å². The molecule has 0 aliphatic rings. The van der Waals surface area contributed by atoms with Crippen LogP contribution in [0.5, 0.6) is 0 Å². The van der Waals surface area contributed by atoms with Crippen molar-refractivity contribution in [2.45, 2.75) is 32.7 Å². The van der Waals surface area contributed by atoms with Crippen LogP contribution in [0.2, 0.25) is 0 Å². The quantitative estimate of drug-likeness (QED) is 0.649. The highest BCUT2D eigenvalue weighted by Gasteiger charge is 2.13. The zero-order valence-corrected chi connectivity index (χ0v) is 16.1. The van der Waals surface area contributed by atoms with Gasteiger partial charge < -0.3 is 10.6 Å². The van der Waals surface area contributed by atoms with E-state index in [1.165, 1.54) is 11.3 Å². The summed E-state index contributed by atoms with van der Waals surface area (Å²) in [6, 6.07) is 5.75. The van der Waals surface area contributed by atoms with Crippen molar-refractivity contribution in [2.24, 2.45) is 0 Å². The molecular formula is C17H19N5O2S2. The first-order valence-corrected chi connectivity index (χ1v) is 9.87. The molecule has 3 rings (SSSR count). The van der Waals surface area contributed by atoms with E-state index in [0.717, 1.165) is 4.88 Å². The molecule has 136 valence electrons. The number of aromatic nitrogens is 3. The van der Waals surface area contributed by atoms with Crippen LogP contribution in [-0.2, 0) is 22.4 Å². The molecule has 0 bridgehead atoms. The summed E-state index contributed by atoms with van der Waals surface area (Å²) >= 11 is 2.85. The van der Waals surface area contributed by atoms with Crippen LogP contribution in [-0.4, -0.2) is 26.6 Å². The van der Waals surface area contributed by atoms with Crippen LogP contribution in [0.4, 0.5) is 10.9 Å². The fourth-order valence-corrected chi connectivity index (χ4v) is 3.79. The van der Waals surface area contributed by atoms with Gasteiger partial charge in [0.15, 0.2) is 5.13 Å². The minimum absolute atomic E-state index is 0.112. The van der Waals surface area contributed by atoms with Crippen molar-refractivity contribution < 1.29 is 9.59 Å². The molecule has 0 aliphatic heterocycles. The fraction of sp³-hybridized carbons (Fsp3) is 0.294. The van der Waals surface area contributed by atoms with Gasteiger partial charge in [-0.2, -0.15) is 5.10 Å². The predicted octanol–water partition coefficient (Wildman–Crippen LogP) is 3.34. The van der Waals surface area contributed by atoms with Gasteiger partial charge in [0.1, 0.15) is 5.82 Å². The molecule has 0 saturated carbocycles. The third-order valence-corrected chi connectivity index (χ3v) is 5.16. The van der Waals surface area contributed by atoms with E-state index >= 15 is 0 Å². The lowest BCUT2D eigenvalue weighted by Gasteiger charge is -2.11. The van der Waals surface area contributed by atoms with Crippen LogP contribution < -0.4 is 10.6 Å². The Hall–Kier alpha value is -2.52. The summed E-state index contributed by atoms with van der Waals surface area (Å²) in [6.07, 6.45) is 2.12. The molecule has 2 N–H and O–H groups in total. The number of amides is 2. The number of carbonyl (C=O) groups excluding carboxylic acids is 2. The van der Waals surface area contributed by atoms with Crippen molar-refractivity contribution >= 4 is 45.4 Å². The normalized spacial score (nSPS) is 10.9. The first-order valence-electron chi connectivity index (χ1n) is 8.11. The monoisotopic (exact) mass is 389 g/mol. The minimum atomic E-state index is -0.172. The number of carbonyl (C=O) groups is 2. The summed E-state index contributed by atoms with van der Waals surface area (Å²) in [5, 5.41) is 14.0. The van der Waals surface area contributed by atoms with E-state index in [0.29, 0.717) is 23.1 Å². The largest absolute Gasteiger partial charge is 0.311 e. The van der Waals surface area contributed by atoms with Gasteiger partial charge >= 0.3 is 0 Å². The molecule has 0 radical (unpaired) electrons. The Bertz CT molecular complexity index is 883. The smallest absolute Gasteiger partial charge is 0.231 e. The highest BCUT2D eigenvalue weighted by molar-refractivity contribution is 7.14. The average molecular weight is 390 g/mol. The van der Waals surface area contributed by atoms with Crippen molar-refractivity contribution in [3.63, 3.8) is 0 Å². The Morgan fingerprint density at radius 3 is 2.69 bits per heavy atom. The Labute approximate surface area is 159 Å². The van der Waals surface area contributed by atoms with Crippen LogP contribution in [0.1, 0.15) is 30.5 Å². The lowest BCUT2D eigenvalue weighted by atomic mass is 10.3. The molecule has 2 amide bonds. The highest BCUT2D eigenvalue weighted by atomic mass is 32.1. The molecule has 26 heavy (non-hydrogen) atoms. The van der Waals surface area contributed by atoms with Gasteiger partial charge in [0, 0.05) is 22.4 Å². The number of nitrogens with zero attached hydrogens (tertiary/aromatic N) is 3. The van der Waals surface area contributed by atoms with E-state index in [1.807, 2.05) is 31.4 Å². The molecule has 0 aromatic carbocycles. The zero-order valence-electron chi connectivity index (χ0n) is 14.4. The van der Waals surface area contributed by atoms with Crippen molar-refractivity contribution in [3.05, 3.63) is 45.7 Å². The molecule has 0 spiro atoms. The molecule has 3 heterocycles. The van der Waals surface area contributed by atoms with E-state index < -0.39 is 0 Å². The second-order valence-electron chi connectivity index (χ2n) is 5.93. The number of rotatable bonds is 7. The number of nitrogens with one attached hydrogen (secondary N) is 2. The van der Waals surface area contributed by atoms with Gasteiger partial charge in [-0.3, -0.25) is 9.59 Å². The summed E-state index contributed by atoms with van der Waals surface area (Å²) < 4.78 is 1.75. The van der Waals surface area contributed by atoms with Gasteiger partial charge in [-0.25, -0.2) is 9.67 Å². The fourth-order valence-electron chi connectivity index (χ4n) is 2.36. The first kappa shape index (κ1) is 18.3. The maximum atomic E-state index is 12.2. The van der Waals surface area contributed by atoms with E-state index in [4.69, 9.17) is 0 Å². The zero-order chi connectivity index (χ0) is 18.5. The molecule has 3 aromatic heterocycles. The molecule has 0 fully saturated rings. The molecular weight excluding hydrogens is 370 g/mol. The van der Waals surface area contributed by atoms with Gasteiger partial charge in [-0.05, 0) is 25.3 Å². The van der Waals surface area contributed by atoms with Crippen LogP contribution in [0.15, 0.2) is 35.2 Å². The SMILES string of the molecule is CC(C)n1nccc1NC(=O)Cc1csc(NC(=O)Cc2cccs2)n1. The van der Waals surface area contributed by atoms with Gasteiger partial charge in [-0.1, -0.05) is 6.07 Å². The third-order valence-electron chi connectivity index (χ3n) is 3.48. The number of thiophene rings is 1. The lowest BCUT2D eigenvalue weighted by molar-refractivity contribution is -0.116. The maximum Gasteiger partial charge on any atom is 0.231 e. The van der Waals surface area contributed by atoms with Crippen molar-refractivity contribution in [2.75, 3.05) is 10.6 Å². The molecule has 9 heteroatoms. The molecule has 0 atom stereocenters. The Kier molecular flexibility index (Phi) is 5.79. The van der Waals surface area contributed by atoms with Crippen molar-refractivity contribution in [1.29, 1.82) is 0 Å². The number of anilines is 2. The van der Waals surface area contributed by atoms with Gasteiger partial charge in [0.05, 0.1) is 24.7 Å². The first-order chi connectivity index (χ1) is 12.5. The minimum Gasteiger partial charge on any atom is -0.311 e. The average Bonchev–Trinajstić information content (AvgIpc) is 3.30. The molecule has 0 saturated heterocycles. The van der Waals surface area contributed by atoms with Gasteiger partial charge in [0.2, 0.25) is 11.8 Å². The Morgan fingerprint density at radius 1 is 1.15 bits per heavy atom. The van der Waals surface area contributed by atoms with E-state index in [-0.39, 0.29) is 24.3 Å². The van der Waals surface area contributed by atoms with E-state index in [2.05, 4.69) is 20.7 Å². The summed E-state index contributed by atoms with van der Waals surface area (Å²) in [6.45, 7) is 3.99. The van der Waals surface area contributed by atoms with Crippen molar-refractivity contribution in [1.82, 2.24) is 14.8 Å².